The smallest absolute Gasteiger partial charge is 0.326 e. The van der Waals surface area contributed by atoms with Crippen LogP contribution in [-0.4, -0.2) is 27.1 Å². The zero-order chi connectivity index (χ0) is 27.9. The normalized spacial score (nSPS) is 11.7. The van der Waals surface area contributed by atoms with Crippen molar-refractivity contribution in [2.45, 2.75) is 39.3 Å². The van der Waals surface area contributed by atoms with Crippen molar-refractivity contribution >= 4 is 11.8 Å². The molecule has 202 valence electrons. The van der Waals surface area contributed by atoms with Crippen molar-refractivity contribution in [3.05, 3.63) is 131 Å². The van der Waals surface area contributed by atoms with Crippen molar-refractivity contribution in [3.63, 3.8) is 0 Å². The van der Waals surface area contributed by atoms with Crippen LogP contribution in [0.15, 0.2) is 102 Å². The summed E-state index contributed by atoms with van der Waals surface area (Å²) in [5.41, 5.74) is 5.37. The van der Waals surface area contributed by atoms with Crippen LogP contribution in [0.4, 0.5) is 5.82 Å². The van der Waals surface area contributed by atoms with E-state index >= 15 is 0 Å². The number of aliphatic carboxylic acids is 1. The largest absolute Gasteiger partial charge is 0.489 e. The molecule has 0 amide bonds. The standard InChI is InChI=1S/C33H31N3O4/c1-22-17-28(40-23(22)2)19-30(33(37)38)36-32-29(18-24-9-5-3-6-10-24)35-31(20-34-32)26-13-15-27(16-14-26)39-21-25-11-7-4-8-12-25/h3-17,20,30H,18-19,21H2,1-2H3,(H,34,36)(H,37,38). The summed E-state index contributed by atoms with van der Waals surface area (Å²) in [7, 11) is 0. The Morgan fingerprint density at radius 1 is 0.950 bits per heavy atom. The molecule has 0 aliphatic carbocycles. The number of nitrogens with one attached hydrogen (secondary N) is 1. The van der Waals surface area contributed by atoms with E-state index in [2.05, 4.69) is 10.3 Å². The lowest BCUT2D eigenvalue weighted by atomic mass is 10.1. The molecule has 3 aromatic carbocycles. The molecule has 0 saturated heterocycles. The summed E-state index contributed by atoms with van der Waals surface area (Å²) in [5, 5.41) is 13.1. The van der Waals surface area contributed by atoms with Crippen LogP contribution in [-0.2, 0) is 24.2 Å². The molecule has 0 saturated carbocycles. The summed E-state index contributed by atoms with van der Waals surface area (Å²) in [5.74, 6) is 1.59. The van der Waals surface area contributed by atoms with Gasteiger partial charge in [-0.25, -0.2) is 14.8 Å². The summed E-state index contributed by atoms with van der Waals surface area (Å²) in [4.78, 5) is 21.7. The van der Waals surface area contributed by atoms with Gasteiger partial charge in [-0.2, -0.15) is 0 Å². The number of hydrogen-bond acceptors (Lipinski definition) is 6. The molecule has 0 fully saturated rings. The fourth-order valence-corrected chi connectivity index (χ4v) is 4.38. The molecule has 0 aliphatic heterocycles. The van der Waals surface area contributed by atoms with Crippen molar-refractivity contribution < 1.29 is 19.1 Å². The Hall–Kier alpha value is -4.91. The quantitative estimate of drug-likeness (QED) is 0.197. The van der Waals surface area contributed by atoms with Crippen molar-refractivity contribution in [1.29, 1.82) is 0 Å². The number of anilines is 1. The Morgan fingerprint density at radius 2 is 1.62 bits per heavy atom. The maximum absolute atomic E-state index is 12.2. The van der Waals surface area contributed by atoms with Gasteiger partial charge in [-0.1, -0.05) is 60.7 Å². The summed E-state index contributed by atoms with van der Waals surface area (Å²) < 4.78 is 11.7. The van der Waals surface area contributed by atoms with Gasteiger partial charge in [0.1, 0.15) is 35.7 Å². The highest BCUT2D eigenvalue weighted by atomic mass is 16.5. The van der Waals surface area contributed by atoms with Gasteiger partial charge in [0.25, 0.3) is 0 Å². The van der Waals surface area contributed by atoms with Gasteiger partial charge in [-0.15, -0.1) is 0 Å². The molecule has 5 rings (SSSR count). The summed E-state index contributed by atoms with van der Waals surface area (Å²) >= 11 is 0. The first kappa shape index (κ1) is 26.7. The molecule has 0 aliphatic rings. The van der Waals surface area contributed by atoms with E-state index in [1.807, 2.05) is 105 Å². The fourth-order valence-electron chi connectivity index (χ4n) is 4.38. The van der Waals surface area contributed by atoms with Crippen LogP contribution < -0.4 is 10.1 Å². The second-order valence-electron chi connectivity index (χ2n) is 9.70. The first-order chi connectivity index (χ1) is 19.4. The highest BCUT2D eigenvalue weighted by molar-refractivity contribution is 5.77. The van der Waals surface area contributed by atoms with Crippen LogP contribution >= 0.6 is 0 Å². The molecule has 7 heteroatoms. The van der Waals surface area contributed by atoms with E-state index in [1.165, 1.54) is 0 Å². The number of aryl methyl sites for hydroxylation is 2. The summed E-state index contributed by atoms with van der Waals surface area (Å²) in [6.07, 6.45) is 2.34. The highest BCUT2D eigenvalue weighted by Gasteiger charge is 2.23. The number of carboxylic acid groups (broad SMARTS) is 1. The van der Waals surface area contributed by atoms with Gasteiger partial charge in [-0.3, -0.25) is 0 Å². The SMILES string of the molecule is Cc1cc(CC(Nc2ncc(-c3ccc(OCc4ccccc4)cc3)nc2Cc2ccccc2)C(=O)O)oc1C. The number of nitrogens with zero attached hydrogens (tertiary/aromatic N) is 2. The maximum atomic E-state index is 12.2. The van der Waals surface area contributed by atoms with E-state index in [0.29, 0.717) is 36.0 Å². The zero-order valence-corrected chi connectivity index (χ0v) is 22.5. The molecule has 1 unspecified atom stereocenters. The van der Waals surface area contributed by atoms with Crippen LogP contribution in [0.5, 0.6) is 5.75 Å². The van der Waals surface area contributed by atoms with E-state index in [0.717, 1.165) is 33.8 Å². The predicted octanol–water partition coefficient (Wildman–Crippen LogP) is 6.63. The Kier molecular flexibility index (Phi) is 8.21. The topological polar surface area (TPSA) is 97.5 Å². The van der Waals surface area contributed by atoms with Crippen LogP contribution in [0, 0.1) is 13.8 Å². The molecule has 5 aromatic rings. The van der Waals surface area contributed by atoms with E-state index in [-0.39, 0.29) is 6.42 Å². The monoisotopic (exact) mass is 533 g/mol. The molecule has 2 aromatic heterocycles. The number of rotatable bonds is 11. The molecular formula is C33H31N3O4. The Bertz CT molecular complexity index is 1550. The van der Waals surface area contributed by atoms with E-state index < -0.39 is 12.0 Å². The summed E-state index contributed by atoms with van der Waals surface area (Å²) in [6.45, 7) is 4.30. The van der Waals surface area contributed by atoms with Crippen molar-refractivity contribution in [2.24, 2.45) is 0 Å². The number of carboxylic acids is 1. The first-order valence-corrected chi connectivity index (χ1v) is 13.2. The van der Waals surface area contributed by atoms with Crippen LogP contribution in [0.1, 0.15) is 33.9 Å². The fraction of sp³-hybridized carbons (Fsp3) is 0.182. The molecule has 0 bridgehead atoms. The molecule has 40 heavy (non-hydrogen) atoms. The average Bonchev–Trinajstić information content (AvgIpc) is 3.29. The van der Waals surface area contributed by atoms with Gasteiger partial charge in [-0.05, 0) is 60.9 Å². The Balaban J connectivity index is 1.38. The lowest BCUT2D eigenvalue weighted by Crippen LogP contribution is -2.32. The molecule has 0 radical (unpaired) electrons. The molecular weight excluding hydrogens is 502 g/mol. The number of hydrogen-bond donors (Lipinski definition) is 2. The Morgan fingerprint density at radius 3 is 2.25 bits per heavy atom. The maximum Gasteiger partial charge on any atom is 0.326 e. The minimum atomic E-state index is -0.991. The number of aromatic nitrogens is 2. The predicted molar refractivity (Wildman–Crippen MR) is 154 cm³/mol. The van der Waals surface area contributed by atoms with Gasteiger partial charge in [0.2, 0.25) is 0 Å². The van der Waals surface area contributed by atoms with Crippen LogP contribution in [0.3, 0.4) is 0 Å². The highest BCUT2D eigenvalue weighted by Crippen LogP contribution is 2.25. The third-order valence-electron chi connectivity index (χ3n) is 6.69. The minimum absolute atomic E-state index is 0.183. The van der Waals surface area contributed by atoms with Gasteiger partial charge in [0, 0.05) is 18.4 Å². The van der Waals surface area contributed by atoms with Gasteiger partial charge < -0.3 is 19.6 Å². The molecule has 0 spiro atoms. The van der Waals surface area contributed by atoms with Crippen molar-refractivity contribution in [1.82, 2.24) is 9.97 Å². The molecule has 1 atom stereocenters. The second-order valence-corrected chi connectivity index (χ2v) is 9.70. The third kappa shape index (κ3) is 6.74. The van der Waals surface area contributed by atoms with Gasteiger partial charge >= 0.3 is 5.97 Å². The Labute approximate surface area is 233 Å². The average molecular weight is 534 g/mol. The van der Waals surface area contributed by atoms with Gasteiger partial charge in [0.15, 0.2) is 0 Å². The number of carbonyl (C=O) groups is 1. The third-order valence-corrected chi connectivity index (χ3v) is 6.69. The lowest BCUT2D eigenvalue weighted by Gasteiger charge is -2.17. The minimum Gasteiger partial charge on any atom is -0.489 e. The second kappa shape index (κ2) is 12.3. The van der Waals surface area contributed by atoms with E-state index in [1.54, 1.807) is 6.20 Å². The lowest BCUT2D eigenvalue weighted by molar-refractivity contribution is -0.138. The van der Waals surface area contributed by atoms with Crippen LogP contribution in [0.2, 0.25) is 0 Å². The number of ether oxygens (including phenoxy) is 1. The van der Waals surface area contributed by atoms with Gasteiger partial charge in [0.05, 0.1) is 17.6 Å². The number of furan rings is 1. The molecule has 2 N–H and O–H groups in total. The van der Waals surface area contributed by atoms with E-state index in [4.69, 9.17) is 14.1 Å². The van der Waals surface area contributed by atoms with Crippen LogP contribution in [0.25, 0.3) is 11.3 Å². The molecule has 7 nitrogen and oxygen atoms in total. The molecule has 2 heterocycles. The first-order valence-electron chi connectivity index (χ1n) is 13.2. The number of benzene rings is 3. The van der Waals surface area contributed by atoms with Crippen molar-refractivity contribution in [3.8, 4) is 17.0 Å². The zero-order valence-electron chi connectivity index (χ0n) is 22.5. The summed E-state index contributed by atoms with van der Waals surface area (Å²) in [6, 6.07) is 28.6. The van der Waals surface area contributed by atoms with E-state index in [9.17, 15) is 9.90 Å². The van der Waals surface area contributed by atoms with Crippen molar-refractivity contribution in [2.75, 3.05) is 5.32 Å².